The molecule has 10 nitrogen and oxygen atoms in total. The molecular formula is C26H22Cl2FN7O3. The number of pyridine rings is 1. The Bertz CT molecular complexity index is 1440. The lowest BCUT2D eigenvalue weighted by Gasteiger charge is -2.30. The number of nitrogens with one attached hydrogen (secondary N) is 1. The van der Waals surface area contributed by atoms with Crippen molar-refractivity contribution in [2.24, 2.45) is 5.10 Å². The van der Waals surface area contributed by atoms with Crippen molar-refractivity contribution in [1.29, 1.82) is 0 Å². The molecule has 0 bridgehead atoms. The summed E-state index contributed by atoms with van der Waals surface area (Å²) >= 11 is 11.9. The van der Waals surface area contributed by atoms with E-state index in [1.165, 1.54) is 43.0 Å². The smallest absolute Gasteiger partial charge is 0.271 e. The second kappa shape index (κ2) is 12.6. The zero-order chi connectivity index (χ0) is 27.8. The van der Waals surface area contributed by atoms with Crippen LogP contribution in [-0.2, 0) is 12.1 Å². The summed E-state index contributed by atoms with van der Waals surface area (Å²) in [4.78, 5) is 24.0. The van der Waals surface area contributed by atoms with E-state index in [2.05, 4.69) is 25.4 Å². The van der Waals surface area contributed by atoms with Crippen LogP contribution >= 0.6 is 23.2 Å². The van der Waals surface area contributed by atoms with Crippen LogP contribution in [0.1, 0.15) is 22.3 Å². The highest BCUT2D eigenvalue weighted by Gasteiger charge is 2.36. The summed E-state index contributed by atoms with van der Waals surface area (Å²) in [7, 11) is 0. The summed E-state index contributed by atoms with van der Waals surface area (Å²) < 4.78 is 13.2. The fraction of sp³-hybridized carbons (Fsp3) is 0.154. The SMILES string of the molecule is O=[N+]([O-])/N=C1\NCCN1Cc1ccc(Cl)nc1.OC(c1ccc(F)cc1)(c1cncnc1)c1ccccc1Cl. The summed E-state index contributed by atoms with van der Waals surface area (Å²) in [5.74, 6) is -0.0977. The van der Waals surface area contributed by atoms with Gasteiger partial charge in [-0.2, -0.15) is 0 Å². The topological polar surface area (TPSA) is 130 Å². The van der Waals surface area contributed by atoms with Crippen molar-refractivity contribution in [3.05, 3.63) is 134 Å². The Morgan fingerprint density at radius 1 is 1.05 bits per heavy atom. The fourth-order valence-corrected chi connectivity index (χ4v) is 4.36. The number of aromatic nitrogens is 3. The van der Waals surface area contributed by atoms with Crippen LogP contribution in [0.5, 0.6) is 0 Å². The van der Waals surface area contributed by atoms with Gasteiger partial charge in [0.15, 0.2) is 5.03 Å². The molecule has 0 amide bonds. The number of halogens is 3. The van der Waals surface area contributed by atoms with E-state index in [0.29, 0.717) is 46.5 Å². The summed E-state index contributed by atoms with van der Waals surface area (Å²) in [5, 5.41) is 28.0. The lowest BCUT2D eigenvalue weighted by molar-refractivity contribution is -0.485. The molecule has 0 spiro atoms. The molecule has 0 radical (unpaired) electrons. The molecule has 5 rings (SSSR count). The Balaban J connectivity index is 0.000000187. The molecule has 13 heteroatoms. The third-order valence-corrected chi connectivity index (χ3v) is 6.36. The number of nitro groups is 1. The van der Waals surface area contributed by atoms with E-state index in [1.54, 1.807) is 41.4 Å². The van der Waals surface area contributed by atoms with Crippen molar-refractivity contribution in [3.8, 4) is 0 Å². The highest BCUT2D eigenvalue weighted by molar-refractivity contribution is 6.31. The Hall–Kier alpha value is -4.19. The lowest BCUT2D eigenvalue weighted by atomic mass is 9.81. The zero-order valence-electron chi connectivity index (χ0n) is 20.3. The number of hydrazone groups is 1. The monoisotopic (exact) mass is 569 g/mol. The highest BCUT2D eigenvalue weighted by Crippen LogP contribution is 2.39. The van der Waals surface area contributed by atoms with Gasteiger partial charge in [0.25, 0.3) is 5.96 Å². The minimum Gasteiger partial charge on any atom is -0.376 e. The molecule has 1 aliphatic heterocycles. The Morgan fingerprint density at radius 2 is 1.77 bits per heavy atom. The normalized spacial score (nSPS) is 15.2. The van der Waals surface area contributed by atoms with Crippen LogP contribution in [0.4, 0.5) is 4.39 Å². The maximum atomic E-state index is 13.2. The maximum absolute atomic E-state index is 13.2. The van der Waals surface area contributed by atoms with Gasteiger partial charge >= 0.3 is 0 Å². The average Bonchev–Trinajstić information content (AvgIpc) is 3.36. The molecule has 2 N–H and O–H groups in total. The minimum atomic E-state index is -1.56. The Kier molecular flexibility index (Phi) is 8.97. The Morgan fingerprint density at radius 3 is 2.41 bits per heavy atom. The van der Waals surface area contributed by atoms with E-state index in [0.717, 1.165) is 5.56 Å². The molecule has 2 aromatic carbocycles. The van der Waals surface area contributed by atoms with Crippen molar-refractivity contribution in [2.75, 3.05) is 13.1 Å². The molecule has 1 unspecified atom stereocenters. The van der Waals surface area contributed by atoms with Crippen molar-refractivity contribution in [2.45, 2.75) is 12.1 Å². The molecule has 4 aromatic rings. The van der Waals surface area contributed by atoms with Gasteiger partial charge in [0.05, 0.1) is 0 Å². The summed E-state index contributed by atoms with van der Waals surface area (Å²) in [6, 6.07) is 16.1. The standard InChI is InChI=1S/C17H12ClFN2O.C9H10ClN5O2/c18-16-4-2-1-3-15(16)17(22,13-9-20-11-21-10-13)12-5-7-14(19)8-6-12;10-8-2-1-7(5-12-8)6-14-4-3-11-9(14)13-15(16)17/h1-11,22H;1-2,5H,3-4,6H2,(H,11,13). The van der Waals surface area contributed by atoms with Gasteiger partial charge in [-0.05, 0) is 35.4 Å². The van der Waals surface area contributed by atoms with Crippen molar-refractivity contribution in [1.82, 2.24) is 25.2 Å². The van der Waals surface area contributed by atoms with E-state index >= 15 is 0 Å². The second-order valence-electron chi connectivity index (χ2n) is 8.32. The van der Waals surface area contributed by atoms with Crippen LogP contribution in [-0.4, -0.2) is 49.0 Å². The number of aliphatic hydroxyl groups is 1. The van der Waals surface area contributed by atoms with Crippen LogP contribution < -0.4 is 5.32 Å². The third-order valence-electron chi connectivity index (χ3n) is 5.81. The molecule has 2 aromatic heterocycles. The minimum absolute atomic E-state index is 0.282. The van der Waals surface area contributed by atoms with Gasteiger partial charge in [-0.3, -0.25) is 0 Å². The van der Waals surface area contributed by atoms with Gasteiger partial charge in [0.1, 0.15) is 28.0 Å². The van der Waals surface area contributed by atoms with Crippen molar-refractivity contribution < 1.29 is 14.5 Å². The van der Waals surface area contributed by atoms with Gasteiger partial charge in [-0.1, -0.05) is 59.6 Å². The average molecular weight is 570 g/mol. The lowest BCUT2D eigenvalue weighted by Crippen LogP contribution is -2.30. The number of guanidine groups is 1. The van der Waals surface area contributed by atoms with E-state index in [1.807, 2.05) is 6.07 Å². The second-order valence-corrected chi connectivity index (χ2v) is 9.12. The Labute approximate surface area is 232 Å². The molecule has 1 atom stereocenters. The van der Waals surface area contributed by atoms with E-state index in [-0.39, 0.29) is 11.8 Å². The van der Waals surface area contributed by atoms with Crippen LogP contribution in [0.25, 0.3) is 0 Å². The van der Waals surface area contributed by atoms with Crippen LogP contribution in [0.15, 0.2) is 90.7 Å². The zero-order valence-corrected chi connectivity index (χ0v) is 21.8. The molecule has 0 saturated carbocycles. The highest BCUT2D eigenvalue weighted by atomic mass is 35.5. The third kappa shape index (κ3) is 6.82. The van der Waals surface area contributed by atoms with Crippen LogP contribution in [0.2, 0.25) is 10.2 Å². The predicted octanol–water partition coefficient (Wildman–Crippen LogP) is 4.24. The van der Waals surface area contributed by atoms with Crippen LogP contribution in [0.3, 0.4) is 0 Å². The largest absolute Gasteiger partial charge is 0.376 e. The summed E-state index contributed by atoms with van der Waals surface area (Å²) in [6.45, 7) is 1.84. The number of hydrogen-bond acceptors (Lipinski definition) is 6. The first-order valence-electron chi connectivity index (χ1n) is 11.6. The van der Waals surface area contributed by atoms with E-state index in [4.69, 9.17) is 23.2 Å². The first-order valence-corrected chi connectivity index (χ1v) is 12.3. The molecule has 200 valence electrons. The molecule has 1 fully saturated rings. The quantitative estimate of drug-likeness (QED) is 0.200. The summed E-state index contributed by atoms with van der Waals surface area (Å²) in [5.41, 5.74) is 0.784. The molecule has 1 saturated heterocycles. The van der Waals surface area contributed by atoms with Crippen LogP contribution in [0, 0.1) is 15.9 Å². The molecule has 39 heavy (non-hydrogen) atoms. The van der Waals surface area contributed by atoms with Gasteiger partial charge in [0.2, 0.25) is 0 Å². The van der Waals surface area contributed by atoms with E-state index in [9.17, 15) is 19.6 Å². The first-order chi connectivity index (χ1) is 18.8. The maximum Gasteiger partial charge on any atom is 0.271 e. The number of hydrogen-bond donors (Lipinski definition) is 2. The molecule has 3 heterocycles. The number of nitrogens with zero attached hydrogens (tertiary/aromatic N) is 6. The fourth-order valence-electron chi connectivity index (χ4n) is 3.98. The van der Waals surface area contributed by atoms with Gasteiger partial charge in [-0.15, -0.1) is 0 Å². The van der Waals surface area contributed by atoms with Gasteiger partial charge < -0.3 is 15.3 Å². The molecule has 1 aliphatic rings. The first kappa shape index (κ1) is 27.8. The predicted molar refractivity (Wildman–Crippen MR) is 144 cm³/mol. The van der Waals surface area contributed by atoms with Crippen molar-refractivity contribution >= 4 is 29.2 Å². The molecule has 0 aliphatic carbocycles. The van der Waals surface area contributed by atoms with Crippen molar-refractivity contribution in [3.63, 3.8) is 0 Å². The molecular weight excluding hydrogens is 548 g/mol. The summed E-state index contributed by atoms with van der Waals surface area (Å²) in [6.07, 6.45) is 6.05. The number of rotatable bonds is 6. The van der Waals surface area contributed by atoms with Gasteiger partial charge in [-0.25, -0.2) is 29.5 Å². The number of benzene rings is 2. The van der Waals surface area contributed by atoms with E-state index < -0.39 is 10.6 Å². The van der Waals surface area contributed by atoms with Gasteiger partial charge in [0, 0.05) is 54.4 Å².